The predicted molar refractivity (Wildman–Crippen MR) is 129 cm³/mol. The van der Waals surface area contributed by atoms with Crippen LogP contribution in [0.5, 0.6) is 0 Å². The van der Waals surface area contributed by atoms with Crippen LogP contribution in [0.1, 0.15) is 59.8 Å². The lowest BCUT2D eigenvalue weighted by molar-refractivity contribution is -0.233. The third kappa shape index (κ3) is 5.91. The van der Waals surface area contributed by atoms with Gasteiger partial charge in [-0.25, -0.2) is 9.59 Å². The lowest BCUT2D eigenvalue weighted by Crippen LogP contribution is -2.44. The maximum atomic E-state index is 13.0. The first-order chi connectivity index (χ1) is 20.2. The van der Waals surface area contributed by atoms with Gasteiger partial charge in [-0.3, -0.25) is 14.4 Å². The monoisotopic (exact) mass is 643 g/mol. The third-order valence-electron chi connectivity index (χ3n) is 9.06. The van der Waals surface area contributed by atoms with Crippen LogP contribution >= 0.6 is 0 Å². The molecule has 0 aromatic heterocycles. The molecule has 0 N–H and O–H groups in total. The van der Waals surface area contributed by atoms with E-state index in [9.17, 15) is 55.6 Å². The van der Waals surface area contributed by atoms with Crippen molar-refractivity contribution in [2.75, 3.05) is 13.2 Å². The second-order valence-electron chi connectivity index (χ2n) is 11.5. The van der Waals surface area contributed by atoms with Crippen molar-refractivity contribution >= 4 is 29.8 Å². The summed E-state index contributed by atoms with van der Waals surface area (Å²) in [6, 6.07) is 2.01. The zero-order valence-corrected chi connectivity index (χ0v) is 24.1. The van der Waals surface area contributed by atoms with Crippen LogP contribution in [-0.2, 0) is 47.7 Å². The minimum Gasteiger partial charge on any atom is -0.463 e. The van der Waals surface area contributed by atoms with Crippen LogP contribution in [0.3, 0.4) is 0 Å². The number of nitriles is 1. The average molecular weight is 644 g/mol. The summed E-state index contributed by atoms with van der Waals surface area (Å²) in [6.45, 7) is 2.99. The van der Waals surface area contributed by atoms with Gasteiger partial charge in [-0.15, -0.1) is 0 Å². The molecule has 0 aromatic rings. The Labute approximate surface area is 247 Å². The Balaban J connectivity index is 0.000000269. The van der Waals surface area contributed by atoms with E-state index >= 15 is 0 Å². The Hall–Kier alpha value is -3.58. The van der Waals surface area contributed by atoms with E-state index in [4.69, 9.17) is 9.47 Å². The first-order valence-corrected chi connectivity index (χ1v) is 13.7. The highest BCUT2D eigenvalue weighted by molar-refractivity contribution is 5.85. The lowest BCUT2D eigenvalue weighted by Gasteiger charge is -2.29. The summed E-state index contributed by atoms with van der Waals surface area (Å²) in [5.41, 5.74) is -6.50. The van der Waals surface area contributed by atoms with Gasteiger partial charge in [0.05, 0.1) is 12.7 Å². The van der Waals surface area contributed by atoms with Gasteiger partial charge in [-0.2, -0.15) is 31.6 Å². The lowest BCUT2D eigenvalue weighted by atomic mass is 9.75. The normalized spacial score (nSPS) is 31.3. The van der Waals surface area contributed by atoms with Crippen LogP contribution in [0.4, 0.5) is 26.3 Å². The van der Waals surface area contributed by atoms with Crippen LogP contribution in [0.25, 0.3) is 0 Å². The second-order valence-corrected chi connectivity index (χ2v) is 11.5. The highest BCUT2D eigenvalue weighted by Crippen LogP contribution is 2.62. The molecule has 17 heteroatoms. The van der Waals surface area contributed by atoms with Crippen molar-refractivity contribution in [2.24, 2.45) is 28.1 Å². The van der Waals surface area contributed by atoms with Crippen LogP contribution in [0.15, 0.2) is 0 Å². The zero-order chi connectivity index (χ0) is 33.5. The van der Waals surface area contributed by atoms with E-state index in [1.54, 1.807) is 0 Å². The Bertz CT molecular complexity index is 1230. The van der Waals surface area contributed by atoms with Crippen molar-refractivity contribution in [2.45, 2.75) is 90.5 Å². The second kappa shape index (κ2) is 12.1. The molecule has 2 aliphatic carbocycles. The SMILES string of the molecule is CCC(C)(C(=O)OC1CCOC1=O)C(F)(F)F.CCC(C)(C(=O)OCC(=O)OC1C2CC3C1OC(=O)C3(C#N)C2)C(F)(F)F. The molecule has 2 saturated heterocycles. The Morgan fingerprint density at radius 2 is 1.55 bits per heavy atom. The highest BCUT2D eigenvalue weighted by atomic mass is 19.4. The molecule has 0 amide bonds. The number of nitrogens with zero attached hydrogens (tertiary/aromatic N) is 1. The van der Waals surface area contributed by atoms with Gasteiger partial charge in [0.15, 0.2) is 22.9 Å². The molecule has 246 valence electrons. The Morgan fingerprint density at radius 3 is 2.02 bits per heavy atom. The van der Waals surface area contributed by atoms with Gasteiger partial charge in [0.25, 0.3) is 0 Å². The van der Waals surface area contributed by atoms with E-state index in [-0.39, 0.29) is 31.3 Å². The van der Waals surface area contributed by atoms with E-state index in [1.165, 1.54) is 13.8 Å². The number of hydrogen-bond donors (Lipinski definition) is 0. The van der Waals surface area contributed by atoms with Crippen LogP contribution < -0.4 is 0 Å². The quantitative estimate of drug-likeness (QED) is 0.216. The molecule has 0 spiro atoms. The summed E-state index contributed by atoms with van der Waals surface area (Å²) in [5, 5.41) is 9.31. The van der Waals surface area contributed by atoms with Gasteiger partial charge in [-0.05, 0) is 39.5 Å². The number of cyclic esters (lactones) is 1. The van der Waals surface area contributed by atoms with Gasteiger partial charge in [-0.1, -0.05) is 13.8 Å². The zero-order valence-electron chi connectivity index (χ0n) is 24.1. The molecule has 11 nitrogen and oxygen atoms in total. The molecule has 4 fully saturated rings. The van der Waals surface area contributed by atoms with Crippen molar-refractivity contribution in [3.05, 3.63) is 0 Å². The topological polar surface area (TPSA) is 155 Å². The number of alkyl halides is 6. The summed E-state index contributed by atoms with van der Waals surface area (Å²) in [7, 11) is 0. The molecule has 8 atom stereocenters. The predicted octanol–water partition coefficient (Wildman–Crippen LogP) is 3.72. The molecule has 2 saturated carbocycles. The molecule has 8 unspecified atom stereocenters. The number of ether oxygens (including phenoxy) is 5. The molecule has 0 aromatic carbocycles. The fourth-order valence-electron chi connectivity index (χ4n) is 5.52. The molecule has 4 rings (SSSR count). The Morgan fingerprint density at radius 1 is 0.977 bits per heavy atom. The molecule has 2 aliphatic heterocycles. The number of rotatable bonds is 8. The first-order valence-electron chi connectivity index (χ1n) is 13.7. The first kappa shape index (κ1) is 34.9. The number of hydrogen-bond acceptors (Lipinski definition) is 11. The van der Waals surface area contributed by atoms with E-state index in [0.29, 0.717) is 13.3 Å². The summed E-state index contributed by atoms with van der Waals surface area (Å²) >= 11 is 0. The minimum absolute atomic E-state index is 0.0611. The van der Waals surface area contributed by atoms with Crippen molar-refractivity contribution < 1.29 is 74.0 Å². The largest absolute Gasteiger partial charge is 0.463 e. The van der Waals surface area contributed by atoms with Crippen LogP contribution in [0.2, 0.25) is 0 Å². The van der Waals surface area contributed by atoms with Gasteiger partial charge in [0.2, 0.25) is 6.10 Å². The molecule has 2 bridgehead atoms. The minimum atomic E-state index is -4.81. The molecular weight excluding hydrogens is 612 g/mol. The van der Waals surface area contributed by atoms with E-state index in [1.807, 2.05) is 6.07 Å². The van der Waals surface area contributed by atoms with Crippen LogP contribution in [0, 0.1) is 39.4 Å². The summed E-state index contributed by atoms with van der Waals surface area (Å²) in [4.78, 5) is 58.2. The van der Waals surface area contributed by atoms with Gasteiger partial charge in [0.1, 0.15) is 12.2 Å². The fraction of sp³-hybridized carbons (Fsp3) is 0.778. The number of carbonyl (C=O) groups excluding carboxylic acids is 5. The smallest absolute Gasteiger partial charge is 0.404 e. The maximum absolute atomic E-state index is 13.0. The van der Waals surface area contributed by atoms with Crippen molar-refractivity contribution in [3.63, 3.8) is 0 Å². The third-order valence-corrected chi connectivity index (χ3v) is 9.06. The van der Waals surface area contributed by atoms with Crippen LogP contribution in [-0.4, -0.2) is 73.7 Å². The average Bonchev–Trinajstić information content (AvgIpc) is 3.67. The number of carbonyl (C=O) groups is 5. The maximum Gasteiger partial charge on any atom is 0.404 e. The summed E-state index contributed by atoms with van der Waals surface area (Å²) in [6.07, 6.45) is -12.4. The standard InChI is InChI=1S/C17H18F3NO6.C10H13F3O4/c1-3-15(2,17(18,19)20)13(23)25-6-10(22)26-11-8-4-9-12(11)27-14(24)16(9,5-8)7-21;1-3-9(2,10(11,12)13)8(15)17-6-4-5-16-7(6)14/h8-9,11-12H,3-6H2,1-2H3;6H,3-5H2,1-2H3. The van der Waals surface area contributed by atoms with Crippen molar-refractivity contribution in [3.8, 4) is 6.07 Å². The number of halogens is 6. The fourth-order valence-corrected chi connectivity index (χ4v) is 5.52. The van der Waals surface area contributed by atoms with Gasteiger partial charge < -0.3 is 23.7 Å². The molecule has 2 heterocycles. The van der Waals surface area contributed by atoms with E-state index in [0.717, 1.165) is 6.92 Å². The number of fused-ring (bicyclic) bond motifs is 1. The molecule has 0 radical (unpaired) electrons. The number of esters is 5. The highest BCUT2D eigenvalue weighted by Gasteiger charge is 2.72. The van der Waals surface area contributed by atoms with Gasteiger partial charge >= 0.3 is 42.2 Å². The summed E-state index contributed by atoms with van der Waals surface area (Å²) < 4.78 is 101. The Kier molecular flexibility index (Phi) is 9.58. The van der Waals surface area contributed by atoms with Crippen molar-refractivity contribution in [1.82, 2.24) is 0 Å². The van der Waals surface area contributed by atoms with E-state index in [2.05, 4.69) is 14.2 Å². The van der Waals surface area contributed by atoms with E-state index < -0.39 is 96.2 Å². The molecule has 44 heavy (non-hydrogen) atoms. The molecular formula is C27H31F6NO10. The molecule has 4 aliphatic rings. The summed E-state index contributed by atoms with van der Waals surface area (Å²) in [5.74, 6) is -6.05. The van der Waals surface area contributed by atoms with Crippen molar-refractivity contribution in [1.29, 1.82) is 5.26 Å². The van der Waals surface area contributed by atoms with Gasteiger partial charge in [0, 0.05) is 18.3 Å².